The van der Waals surface area contributed by atoms with Gasteiger partial charge in [-0.2, -0.15) is 0 Å². The first kappa shape index (κ1) is 12.0. The zero-order valence-corrected chi connectivity index (χ0v) is 9.69. The number of fused-ring (bicyclic) bond motifs is 1. The summed E-state index contributed by atoms with van der Waals surface area (Å²) in [5, 5.41) is 9.66. The second-order valence-corrected chi connectivity index (χ2v) is 3.83. The molecule has 0 radical (unpaired) electrons. The van der Waals surface area contributed by atoms with Crippen LogP contribution in [0.5, 0.6) is 5.75 Å². The maximum absolute atomic E-state index is 8.70. The molecule has 0 aliphatic heterocycles. The highest BCUT2D eigenvalue weighted by Gasteiger charge is 2.13. The van der Waals surface area contributed by atoms with Crippen molar-refractivity contribution in [2.24, 2.45) is 5.73 Å². The van der Waals surface area contributed by atoms with Gasteiger partial charge in [0.1, 0.15) is 5.58 Å². The molecule has 17 heavy (non-hydrogen) atoms. The van der Waals surface area contributed by atoms with Gasteiger partial charge in [0.25, 0.3) is 0 Å². The van der Waals surface area contributed by atoms with Crippen LogP contribution in [-0.4, -0.2) is 18.3 Å². The van der Waals surface area contributed by atoms with Crippen LogP contribution in [0.2, 0.25) is 0 Å². The lowest BCUT2D eigenvalue weighted by molar-refractivity contribution is 0.251. The zero-order valence-electron chi connectivity index (χ0n) is 9.69. The zero-order chi connectivity index (χ0) is 12.1. The number of unbranched alkanes of at least 4 members (excludes halogenated alkanes) is 1. The summed E-state index contributed by atoms with van der Waals surface area (Å²) >= 11 is 0. The molecule has 0 aliphatic rings. The van der Waals surface area contributed by atoms with Crippen LogP contribution in [-0.2, 0) is 6.54 Å². The summed E-state index contributed by atoms with van der Waals surface area (Å²) in [5.41, 5.74) is 6.43. The van der Waals surface area contributed by atoms with Crippen LogP contribution in [0.1, 0.15) is 18.6 Å². The van der Waals surface area contributed by atoms with Gasteiger partial charge < -0.3 is 20.0 Å². The highest BCUT2D eigenvalue weighted by atomic mass is 16.5. The average molecular weight is 235 g/mol. The Morgan fingerprint density at radius 3 is 2.82 bits per heavy atom. The van der Waals surface area contributed by atoms with Gasteiger partial charge in [-0.1, -0.05) is 12.1 Å². The fourth-order valence-electron chi connectivity index (χ4n) is 1.75. The van der Waals surface area contributed by atoms with Crippen LogP contribution in [0.15, 0.2) is 28.7 Å². The summed E-state index contributed by atoms with van der Waals surface area (Å²) < 4.78 is 11.3. The Bertz CT molecular complexity index is 478. The standard InChI is InChI=1S/C13H17NO3/c14-9-12-13(16-8-4-3-7-15)10-5-1-2-6-11(10)17-12/h1-2,5-6,15H,3-4,7-9,14H2. The molecule has 0 aliphatic carbocycles. The molecule has 0 unspecified atom stereocenters. The maximum Gasteiger partial charge on any atom is 0.169 e. The topological polar surface area (TPSA) is 68.6 Å². The molecule has 1 aromatic carbocycles. The van der Waals surface area contributed by atoms with Gasteiger partial charge in [-0.05, 0) is 25.0 Å². The van der Waals surface area contributed by atoms with E-state index in [-0.39, 0.29) is 6.61 Å². The summed E-state index contributed by atoms with van der Waals surface area (Å²) in [6.07, 6.45) is 1.56. The highest BCUT2D eigenvalue weighted by Crippen LogP contribution is 2.32. The number of furan rings is 1. The number of hydrogen-bond acceptors (Lipinski definition) is 4. The number of hydrogen-bond donors (Lipinski definition) is 2. The van der Waals surface area contributed by atoms with Crippen molar-refractivity contribution < 1.29 is 14.3 Å². The molecule has 0 amide bonds. The molecule has 4 heteroatoms. The van der Waals surface area contributed by atoms with Crippen molar-refractivity contribution in [2.75, 3.05) is 13.2 Å². The monoisotopic (exact) mass is 235 g/mol. The predicted molar refractivity (Wildman–Crippen MR) is 65.9 cm³/mol. The minimum atomic E-state index is 0.194. The van der Waals surface area contributed by atoms with Crippen molar-refractivity contribution in [3.63, 3.8) is 0 Å². The Labute approximate surface area is 100.0 Å². The smallest absolute Gasteiger partial charge is 0.169 e. The molecule has 0 fully saturated rings. The molecular weight excluding hydrogens is 218 g/mol. The van der Waals surface area contributed by atoms with Crippen molar-refractivity contribution in [3.8, 4) is 5.75 Å². The lowest BCUT2D eigenvalue weighted by atomic mass is 10.2. The van der Waals surface area contributed by atoms with Gasteiger partial charge in [-0.3, -0.25) is 0 Å². The summed E-state index contributed by atoms with van der Waals surface area (Å²) in [6, 6.07) is 7.72. The molecule has 2 rings (SSSR count). The van der Waals surface area contributed by atoms with Crippen LogP contribution in [0.3, 0.4) is 0 Å². The van der Waals surface area contributed by atoms with Crippen molar-refractivity contribution in [1.82, 2.24) is 0 Å². The third kappa shape index (κ3) is 2.60. The first-order valence-corrected chi connectivity index (χ1v) is 5.81. The Kier molecular flexibility index (Phi) is 4.01. The molecule has 1 aromatic heterocycles. The number of rotatable bonds is 6. The minimum Gasteiger partial charge on any atom is -0.489 e. The minimum absolute atomic E-state index is 0.194. The SMILES string of the molecule is NCc1oc2ccccc2c1OCCCCO. The molecule has 0 bridgehead atoms. The Balaban J connectivity index is 2.18. The fraction of sp³-hybridized carbons (Fsp3) is 0.385. The number of aliphatic hydroxyl groups excluding tert-OH is 1. The van der Waals surface area contributed by atoms with E-state index in [1.54, 1.807) is 0 Å². The summed E-state index contributed by atoms with van der Waals surface area (Å²) in [4.78, 5) is 0. The van der Waals surface area contributed by atoms with E-state index in [1.165, 1.54) is 0 Å². The summed E-state index contributed by atoms with van der Waals surface area (Å²) in [7, 11) is 0. The number of benzene rings is 1. The van der Waals surface area contributed by atoms with Gasteiger partial charge in [0.15, 0.2) is 11.5 Å². The van der Waals surface area contributed by atoms with Crippen LogP contribution < -0.4 is 10.5 Å². The molecule has 0 saturated heterocycles. The lowest BCUT2D eigenvalue weighted by Crippen LogP contribution is -2.02. The summed E-state index contributed by atoms with van der Waals surface area (Å²) in [6.45, 7) is 1.08. The van der Waals surface area contributed by atoms with Crippen molar-refractivity contribution in [3.05, 3.63) is 30.0 Å². The van der Waals surface area contributed by atoms with Crippen LogP contribution in [0.4, 0.5) is 0 Å². The van der Waals surface area contributed by atoms with E-state index in [4.69, 9.17) is 20.0 Å². The highest BCUT2D eigenvalue weighted by molar-refractivity contribution is 5.85. The average Bonchev–Trinajstić information content (AvgIpc) is 2.73. The van der Waals surface area contributed by atoms with E-state index in [0.29, 0.717) is 18.9 Å². The van der Waals surface area contributed by atoms with E-state index in [9.17, 15) is 0 Å². The molecule has 2 aromatic rings. The van der Waals surface area contributed by atoms with Gasteiger partial charge in [-0.15, -0.1) is 0 Å². The molecule has 0 atom stereocenters. The van der Waals surface area contributed by atoms with Gasteiger partial charge >= 0.3 is 0 Å². The van der Waals surface area contributed by atoms with Gasteiger partial charge in [-0.25, -0.2) is 0 Å². The van der Waals surface area contributed by atoms with Crippen molar-refractivity contribution in [1.29, 1.82) is 0 Å². The van der Waals surface area contributed by atoms with Crippen LogP contribution in [0.25, 0.3) is 11.0 Å². The third-order valence-corrected chi connectivity index (χ3v) is 2.60. The van der Waals surface area contributed by atoms with Crippen molar-refractivity contribution in [2.45, 2.75) is 19.4 Å². The normalized spacial score (nSPS) is 10.9. The van der Waals surface area contributed by atoms with E-state index in [2.05, 4.69) is 0 Å². The second-order valence-electron chi connectivity index (χ2n) is 3.83. The molecule has 3 N–H and O–H groups in total. The van der Waals surface area contributed by atoms with E-state index in [0.717, 1.165) is 29.6 Å². The second kappa shape index (κ2) is 5.70. The van der Waals surface area contributed by atoms with E-state index in [1.807, 2.05) is 24.3 Å². The van der Waals surface area contributed by atoms with Crippen LogP contribution >= 0.6 is 0 Å². The molecular formula is C13H17NO3. The Morgan fingerprint density at radius 2 is 2.06 bits per heavy atom. The van der Waals surface area contributed by atoms with E-state index >= 15 is 0 Å². The first-order valence-electron chi connectivity index (χ1n) is 5.81. The number of ether oxygens (including phenoxy) is 1. The Hall–Kier alpha value is -1.52. The Morgan fingerprint density at radius 1 is 1.24 bits per heavy atom. The lowest BCUT2D eigenvalue weighted by Gasteiger charge is -2.05. The van der Waals surface area contributed by atoms with Crippen molar-refractivity contribution >= 4 is 11.0 Å². The summed E-state index contributed by atoms with van der Waals surface area (Å²) in [5.74, 6) is 1.41. The number of aliphatic hydroxyl groups is 1. The van der Waals surface area contributed by atoms with Gasteiger partial charge in [0, 0.05) is 6.61 Å². The molecule has 4 nitrogen and oxygen atoms in total. The molecule has 1 heterocycles. The quantitative estimate of drug-likeness (QED) is 0.752. The molecule has 92 valence electrons. The van der Waals surface area contributed by atoms with Crippen LogP contribution in [0, 0.1) is 0 Å². The molecule has 0 spiro atoms. The maximum atomic E-state index is 8.70. The molecule has 0 saturated carbocycles. The largest absolute Gasteiger partial charge is 0.489 e. The predicted octanol–water partition coefficient (Wildman–Crippen LogP) is 2.04. The number of nitrogens with two attached hydrogens (primary N) is 1. The van der Waals surface area contributed by atoms with E-state index < -0.39 is 0 Å². The fourth-order valence-corrected chi connectivity index (χ4v) is 1.75. The number of para-hydroxylation sites is 1. The third-order valence-electron chi connectivity index (χ3n) is 2.60. The van der Waals surface area contributed by atoms with Gasteiger partial charge in [0.2, 0.25) is 0 Å². The van der Waals surface area contributed by atoms with Gasteiger partial charge in [0.05, 0.1) is 18.5 Å². The first-order chi connectivity index (χ1) is 8.36.